The molecule has 0 atom stereocenters. The molecule has 0 radical (unpaired) electrons. The van der Waals surface area contributed by atoms with Crippen molar-refractivity contribution >= 4 is 17.5 Å². The molecule has 0 saturated heterocycles. The molecule has 4 rings (SSSR count). The molecule has 0 fully saturated rings. The second-order valence-corrected chi connectivity index (χ2v) is 7.82. The molecule has 4 aromatic rings. The summed E-state index contributed by atoms with van der Waals surface area (Å²) in [6.07, 6.45) is 1.65. The minimum atomic E-state index is -0.247. The molecule has 1 N–H and O–H groups in total. The Labute approximate surface area is 197 Å². The molecule has 0 saturated carbocycles. The van der Waals surface area contributed by atoms with E-state index in [1.165, 1.54) is 4.68 Å². The first-order chi connectivity index (χ1) is 16.5. The smallest absolute Gasteiger partial charge is 0.254 e. The molecule has 176 valence electrons. The number of methoxy groups -OCH3 is 2. The summed E-state index contributed by atoms with van der Waals surface area (Å²) in [5, 5.41) is 7.65. The molecule has 0 unspecified atom stereocenters. The van der Waals surface area contributed by atoms with Gasteiger partial charge in [-0.2, -0.15) is 9.67 Å². The molecule has 2 aromatic carbocycles. The molecule has 0 bridgehead atoms. The van der Waals surface area contributed by atoms with Crippen molar-refractivity contribution in [2.75, 3.05) is 38.5 Å². The highest BCUT2D eigenvalue weighted by molar-refractivity contribution is 5.83. The largest absolute Gasteiger partial charge is 0.493 e. The Morgan fingerprint density at radius 3 is 2.41 bits per heavy atom. The number of benzene rings is 2. The molecule has 0 aliphatic rings. The first-order valence-corrected chi connectivity index (χ1v) is 10.7. The second-order valence-electron chi connectivity index (χ2n) is 7.82. The van der Waals surface area contributed by atoms with Gasteiger partial charge in [-0.15, -0.1) is 5.10 Å². The highest BCUT2D eigenvalue weighted by Crippen LogP contribution is 2.28. The average Bonchev–Trinajstić information content (AvgIpc) is 3.53. The van der Waals surface area contributed by atoms with Crippen LogP contribution in [0.3, 0.4) is 0 Å². The number of furan rings is 1. The lowest BCUT2D eigenvalue weighted by Gasteiger charge is -2.13. The van der Waals surface area contributed by atoms with Crippen molar-refractivity contribution in [3.63, 3.8) is 0 Å². The van der Waals surface area contributed by atoms with Gasteiger partial charge < -0.3 is 24.1 Å². The van der Waals surface area contributed by atoms with Gasteiger partial charge >= 0.3 is 0 Å². The van der Waals surface area contributed by atoms with Gasteiger partial charge in [-0.05, 0) is 47.5 Å². The summed E-state index contributed by atoms with van der Waals surface area (Å²) in [5.74, 6) is 2.06. The van der Waals surface area contributed by atoms with Crippen LogP contribution in [0.25, 0.3) is 11.6 Å². The van der Waals surface area contributed by atoms with Crippen LogP contribution >= 0.6 is 0 Å². The number of ether oxygens (including phenoxy) is 2. The number of aromatic nitrogens is 3. The van der Waals surface area contributed by atoms with Gasteiger partial charge in [0.1, 0.15) is 0 Å². The lowest BCUT2D eigenvalue weighted by molar-refractivity contribution is 0.0901. The predicted molar refractivity (Wildman–Crippen MR) is 130 cm³/mol. The van der Waals surface area contributed by atoms with E-state index in [1.54, 1.807) is 44.7 Å². The summed E-state index contributed by atoms with van der Waals surface area (Å²) in [7, 11) is 7.12. The minimum Gasteiger partial charge on any atom is -0.493 e. The molecule has 2 aromatic heterocycles. The lowest BCUT2D eigenvalue weighted by atomic mass is 10.1. The fourth-order valence-corrected chi connectivity index (χ4v) is 3.44. The standard InChI is InChI=1S/C25H27N5O4/c1-29(2)19-10-7-17(8-11-19)16-26-25-27-24(21-6-5-13-34-21)28-30(25)23(31)15-18-9-12-20(32-3)22(14-18)33-4/h5-14H,15-16H2,1-4H3,(H,26,27,28). The Kier molecular flexibility index (Phi) is 6.82. The van der Waals surface area contributed by atoms with Crippen molar-refractivity contribution in [2.24, 2.45) is 0 Å². The van der Waals surface area contributed by atoms with E-state index in [9.17, 15) is 4.79 Å². The normalized spacial score (nSPS) is 10.7. The van der Waals surface area contributed by atoms with Crippen molar-refractivity contribution in [3.05, 3.63) is 72.0 Å². The number of rotatable bonds is 9. The van der Waals surface area contributed by atoms with Crippen LogP contribution in [0.2, 0.25) is 0 Å². The number of hydrogen-bond acceptors (Lipinski definition) is 8. The minimum absolute atomic E-state index is 0.105. The van der Waals surface area contributed by atoms with Gasteiger partial charge in [0.25, 0.3) is 5.91 Å². The van der Waals surface area contributed by atoms with Crippen molar-refractivity contribution in [1.29, 1.82) is 0 Å². The number of hydrogen-bond donors (Lipinski definition) is 1. The van der Waals surface area contributed by atoms with E-state index in [1.807, 2.05) is 49.3 Å². The van der Waals surface area contributed by atoms with Crippen LogP contribution in [0.4, 0.5) is 11.6 Å². The molecule has 2 heterocycles. The molecule has 9 heteroatoms. The highest BCUT2D eigenvalue weighted by atomic mass is 16.5. The summed E-state index contributed by atoms with van der Waals surface area (Å²) in [6.45, 7) is 0.480. The number of carbonyl (C=O) groups is 1. The molecule has 0 amide bonds. The average molecular weight is 462 g/mol. The van der Waals surface area contributed by atoms with Gasteiger partial charge in [0, 0.05) is 26.3 Å². The van der Waals surface area contributed by atoms with Crippen LogP contribution < -0.4 is 19.7 Å². The van der Waals surface area contributed by atoms with Crippen LogP contribution in [-0.4, -0.2) is 49.0 Å². The number of carbonyl (C=O) groups excluding carboxylic acids is 1. The van der Waals surface area contributed by atoms with Crippen molar-refractivity contribution < 1.29 is 18.7 Å². The van der Waals surface area contributed by atoms with Gasteiger partial charge in [-0.1, -0.05) is 18.2 Å². The zero-order valence-electron chi connectivity index (χ0n) is 19.6. The number of nitrogens with zero attached hydrogens (tertiary/aromatic N) is 4. The fraction of sp³-hybridized carbons (Fsp3) is 0.240. The zero-order valence-corrected chi connectivity index (χ0v) is 19.6. The van der Waals surface area contributed by atoms with Gasteiger partial charge in [0.05, 0.1) is 26.9 Å². The van der Waals surface area contributed by atoms with Crippen molar-refractivity contribution in [2.45, 2.75) is 13.0 Å². The third-order valence-corrected chi connectivity index (χ3v) is 5.29. The topological polar surface area (TPSA) is 94.7 Å². The Bertz CT molecular complexity index is 1250. The van der Waals surface area contributed by atoms with Crippen molar-refractivity contribution in [1.82, 2.24) is 14.8 Å². The molecule has 0 aliphatic heterocycles. The van der Waals surface area contributed by atoms with Crippen LogP contribution in [0.5, 0.6) is 11.5 Å². The quantitative estimate of drug-likeness (QED) is 0.398. The maximum atomic E-state index is 13.2. The van der Waals surface area contributed by atoms with E-state index >= 15 is 0 Å². The van der Waals surface area contributed by atoms with Crippen molar-refractivity contribution in [3.8, 4) is 23.1 Å². The van der Waals surface area contributed by atoms with E-state index in [0.717, 1.165) is 16.8 Å². The van der Waals surface area contributed by atoms with Crippen LogP contribution in [-0.2, 0) is 13.0 Å². The van der Waals surface area contributed by atoms with E-state index < -0.39 is 0 Å². The summed E-state index contributed by atoms with van der Waals surface area (Å²) in [6, 6.07) is 17.0. The number of nitrogens with one attached hydrogen (secondary N) is 1. The second kappa shape index (κ2) is 10.1. The first kappa shape index (κ1) is 22.9. The Morgan fingerprint density at radius 2 is 1.76 bits per heavy atom. The molecule has 34 heavy (non-hydrogen) atoms. The molecule has 0 aliphatic carbocycles. The van der Waals surface area contributed by atoms with Gasteiger partial charge in [0.15, 0.2) is 17.3 Å². The van der Waals surface area contributed by atoms with Crippen LogP contribution in [0.1, 0.15) is 15.9 Å². The molecule has 0 spiro atoms. The molecular weight excluding hydrogens is 434 g/mol. The van der Waals surface area contributed by atoms with E-state index in [0.29, 0.717) is 35.6 Å². The lowest BCUT2D eigenvalue weighted by Crippen LogP contribution is -2.18. The third kappa shape index (κ3) is 5.03. The van der Waals surface area contributed by atoms with E-state index in [-0.39, 0.29) is 12.3 Å². The van der Waals surface area contributed by atoms with E-state index in [4.69, 9.17) is 13.9 Å². The monoisotopic (exact) mass is 461 g/mol. The zero-order chi connectivity index (χ0) is 24.1. The first-order valence-electron chi connectivity index (χ1n) is 10.7. The van der Waals surface area contributed by atoms with Crippen LogP contribution in [0, 0.1) is 0 Å². The fourth-order valence-electron chi connectivity index (χ4n) is 3.44. The highest BCUT2D eigenvalue weighted by Gasteiger charge is 2.19. The number of anilines is 2. The Balaban J connectivity index is 1.57. The SMILES string of the molecule is COc1ccc(CC(=O)n2nc(-c3ccco3)nc2NCc2ccc(N(C)C)cc2)cc1OC. The Hall–Kier alpha value is -4.27. The summed E-state index contributed by atoms with van der Waals surface area (Å²) < 4.78 is 17.3. The summed E-state index contributed by atoms with van der Waals surface area (Å²) in [5.41, 5.74) is 2.92. The van der Waals surface area contributed by atoms with Crippen LogP contribution in [0.15, 0.2) is 65.3 Å². The third-order valence-electron chi connectivity index (χ3n) is 5.29. The summed E-state index contributed by atoms with van der Waals surface area (Å²) in [4.78, 5) is 19.8. The van der Waals surface area contributed by atoms with Gasteiger partial charge in [-0.3, -0.25) is 4.79 Å². The maximum Gasteiger partial charge on any atom is 0.254 e. The van der Waals surface area contributed by atoms with Gasteiger partial charge in [0.2, 0.25) is 11.8 Å². The Morgan fingerprint density at radius 1 is 1.03 bits per heavy atom. The molecular formula is C25H27N5O4. The maximum absolute atomic E-state index is 13.2. The predicted octanol–water partition coefficient (Wildman–Crippen LogP) is 4.12. The van der Waals surface area contributed by atoms with Gasteiger partial charge in [-0.25, -0.2) is 0 Å². The van der Waals surface area contributed by atoms with E-state index in [2.05, 4.69) is 15.4 Å². The molecule has 9 nitrogen and oxygen atoms in total. The summed E-state index contributed by atoms with van der Waals surface area (Å²) >= 11 is 0.